The van der Waals surface area contributed by atoms with Crippen molar-refractivity contribution < 1.29 is 0 Å². The van der Waals surface area contributed by atoms with Crippen molar-refractivity contribution in [3.05, 3.63) is 34.8 Å². The van der Waals surface area contributed by atoms with E-state index in [1.165, 1.54) is 0 Å². The number of hydrogen-bond donors (Lipinski definition) is 0. The molecular formula is C6H6BrCl. The molecule has 8 heavy (non-hydrogen) atoms. The van der Waals surface area contributed by atoms with Gasteiger partial charge >= 0.3 is 0 Å². The maximum Gasteiger partial charge on any atom is 0.0541 e. The van der Waals surface area contributed by atoms with Gasteiger partial charge in [-0.15, -0.1) is 0 Å². The van der Waals surface area contributed by atoms with E-state index in [4.69, 9.17) is 11.6 Å². The van der Waals surface area contributed by atoms with Crippen LogP contribution in [0.5, 0.6) is 0 Å². The van der Waals surface area contributed by atoms with Crippen LogP contribution in [0.3, 0.4) is 0 Å². The van der Waals surface area contributed by atoms with Gasteiger partial charge in [0, 0.05) is 4.48 Å². The molecule has 0 saturated carbocycles. The van der Waals surface area contributed by atoms with Gasteiger partial charge in [-0.05, 0) is 22.0 Å². The van der Waals surface area contributed by atoms with Gasteiger partial charge in [-0.25, -0.2) is 0 Å². The van der Waals surface area contributed by atoms with Crippen molar-refractivity contribution in [2.45, 2.75) is 0 Å². The average Bonchev–Trinajstić information content (AvgIpc) is 1.67. The molecule has 0 saturated heterocycles. The maximum atomic E-state index is 5.56. The average molecular weight is 193 g/mol. The highest BCUT2D eigenvalue weighted by Crippen LogP contribution is 2.17. The normalized spacial score (nSPS) is 11.0. The fourth-order valence-electron chi connectivity index (χ4n) is 0.194. The molecule has 0 aliphatic rings. The van der Waals surface area contributed by atoms with Crippen molar-refractivity contribution in [1.29, 1.82) is 0 Å². The van der Waals surface area contributed by atoms with Crippen molar-refractivity contribution in [2.75, 3.05) is 0 Å². The highest BCUT2D eigenvalue weighted by atomic mass is 79.9. The van der Waals surface area contributed by atoms with Gasteiger partial charge in [0.25, 0.3) is 0 Å². The van der Waals surface area contributed by atoms with Crippen LogP contribution in [0.15, 0.2) is 34.8 Å². The van der Waals surface area contributed by atoms with Crippen LogP contribution in [-0.4, -0.2) is 0 Å². The molecule has 0 aliphatic carbocycles. The first-order valence-electron chi connectivity index (χ1n) is 2.01. The lowest BCUT2D eigenvalue weighted by Gasteiger charge is -1.87. The van der Waals surface area contributed by atoms with E-state index >= 15 is 0 Å². The van der Waals surface area contributed by atoms with Gasteiger partial charge in [-0.1, -0.05) is 30.8 Å². The van der Waals surface area contributed by atoms with Gasteiger partial charge in [0.05, 0.1) is 5.03 Å². The Morgan fingerprint density at radius 3 is 2.25 bits per heavy atom. The van der Waals surface area contributed by atoms with Gasteiger partial charge in [0.1, 0.15) is 0 Å². The summed E-state index contributed by atoms with van der Waals surface area (Å²) >= 11 is 8.66. The Morgan fingerprint density at radius 2 is 2.12 bits per heavy atom. The number of hydrogen-bond acceptors (Lipinski definition) is 0. The second-order valence-electron chi connectivity index (χ2n) is 1.16. The van der Waals surface area contributed by atoms with Crippen LogP contribution in [0.4, 0.5) is 0 Å². The molecule has 0 fully saturated rings. The van der Waals surface area contributed by atoms with E-state index in [0.717, 1.165) is 0 Å². The van der Waals surface area contributed by atoms with E-state index in [2.05, 4.69) is 29.1 Å². The molecule has 0 aromatic carbocycles. The van der Waals surface area contributed by atoms with Crippen LogP contribution in [0.1, 0.15) is 0 Å². The standard InChI is InChI=1S/C6H6BrCl/c1-3-4-6(8)5(2)7/h3-4H,1-2H2. The minimum Gasteiger partial charge on any atom is -0.0990 e. The van der Waals surface area contributed by atoms with Crippen LogP contribution in [0.25, 0.3) is 0 Å². The SMILES string of the molecule is C=CC=C(Cl)C(=C)Br. The number of rotatable bonds is 2. The van der Waals surface area contributed by atoms with E-state index in [1.54, 1.807) is 12.2 Å². The molecule has 0 heterocycles. The van der Waals surface area contributed by atoms with Crippen molar-refractivity contribution in [3.8, 4) is 0 Å². The Balaban J connectivity index is 3.99. The van der Waals surface area contributed by atoms with E-state index < -0.39 is 0 Å². The lowest BCUT2D eigenvalue weighted by atomic mass is 10.5. The molecule has 0 aliphatic heterocycles. The molecular weight excluding hydrogens is 187 g/mol. The predicted octanol–water partition coefficient (Wildman–Crippen LogP) is 3.20. The summed E-state index contributed by atoms with van der Waals surface area (Å²) in [6.07, 6.45) is 3.27. The Morgan fingerprint density at radius 1 is 1.62 bits per heavy atom. The molecule has 0 aromatic rings. The van der Waals surface area contributed by atoms with Crippen molar-refractivity contribution in [1.82, 2.24) is 0 Å². The Kier molecular flexibility index (Phi) is 3.92. The zero-order chi connectivity index (χ0) is 6.57. The summed E-state index contributed by atoms with van der Waals surface area (Å²) in [5, 5.41) is 0.583. The van der Waals surface area contributed by atoms with Crippen molar-refractivity contribution in [2.24, 2.45) is 0 Å². The predicted molar refractivity (Wildman–Crippen MR) is 42.2 cm³/mol. The Hall–Kier alpha value is -0.0100. The highest BCUT2D eigenvalue weighted by Gasteiger charge is 1.88. The minimum absolute atomic E-state index is 0.583. The summed E-state index contributed by atoms with van der Waals surface area (Å²) in [4.78, 5) is 0. The van der Waals surface area contributed by atoms with Crippen LogP contribution in [0, 0.1) is 0 Å². The smallest absolute Gasteiger partial charge is 0.0541 e. The summed E-state index contributed by atoms with van der Waals surface area (Å²) in [5.41, 5.74) is 0. The third kappa shape index (κ3) is 3.05. The first kappa shape index (κ1) is 7.99. The fraction of sp³-hybridized carbons (Fsp3) is 0. The molecule has 0 spiro atoms. The Labute approximate surface area is 62.7 Å². The van der Waals surface area contributed by atoms with Gasteiger partial charge in [0.15, 0.2) is 0 Å². The molecule has 0 radical (unpaired) electrons. The van der Waals surface area contributed by atoms with Crippen molar-refractivity contribution in [3.63, 3.8) is 0 Å². The molecule has 0 rings (SSSR count). The van der Waals surface area contributed by atoms with E-state index in [0.29, 0.717) is 9.51 Å². The monoisotopic (exact) mass is 192 g/mol. The molecule has 0 bridgehead atoms. The molecule has 0 amide bonds. The van der Waals surface area contributed by atoms with E-state index in [1.807, 2.05) is 0 Å². The largest absolute Gasteiger partial charge is 0.0990 e. The quantitative estimate of drug-likeness (QED) is 0.591. The van der Waals surface area contributed by atoms with E-state index in [-0.39, 0.29) is 0 Å². The van der Waals surface area contributed by atoms with Crippen LogP contribution in [0.2, 0.25) is 0 Å². The highest BCUT2D eigenvalue weighted by molar-refractivity contribution is 9.12. The third-order valence-corrected chi connectivity index (χ3v) is 1.53. The molecule has 0 atom stereocenters. The molecule has 0 nitrogen and oxygen atoms in total. The molecule has 0 N–H and O–H groups in total. The summed E-state index contributed by atoms with van der Waals surface area (Å²) in [5.74, 6) is 0. The molecule has 0 unspecified atom stereocenters. The van der Waals surface area contributed by atoms with Crippen LogP contribution < -0.4 is 0 Å². The second kappa shape index (κ2) is 3.93. The molecule has 0 aromatic heterocycles. The first-order chi connectivity index (χ1) is 3.68. The van der Waals surface area contributed by atoms with Gasteiger partial charge in [-0.2, -0.15) is 0 Å². The van der Waals surface area contributed by atoms with Gasteiger partial charge in [0.2, 0.25) is 0 Å². The number of halogens is 2. The number of allylic oxidation sites excluding steroid dienone is 4. The zero-order valence-electron chi connectivity index (χ0n) is 4.32. The summed E-state index contributed by atoms with van der Waals surface area (Å²) < 4.78 is 0.680. The Bertz CT molecular complexity index is 135. The van der Waals surface area contributed by atoms with E-state index in [9.17, 15) is 0 Å². The molecule has 2 heteroatoms. The second-order valence-corrected chi connectivity index (χ2v) is 2.52. The summed E-state index contributed by atoms with van der Waals surface area (Å²) in [6.45, 7) is 7.00. The lowest BCUT2D eigenvalue weighted by Crippen LogP contribution is -1.63. The van der Waals surface area contributed by atoms with Crippen LogP contribution >= 0.6 is 27.5 Å². The van der Waals surface area contributed by atoms with Crippen LogP contribution in [-0.2, 0) is 0 Å². The maximum absolute atomic E-state index is 5.56. The minimum atomic E-state index is 0.583. The van der Waals surface area contributed by atoms with Gasteiger partial charge < -0.3 is 0 Å². The lowest BCUT2D eigenvalue weighted by molar-refractivity contribution is 1.87. The first-order valence-corrected chi connectivity index (χ1v) is 3.18. The fourth-order valence-corrected chi connectivity index (χ4v) is 0.415. The van der Waals surface area contributed by atoms with Gasteiger partial charge in [-0.3, -0.25) is 0 Å². The molecule has 44 valence electrons. The zero-order valence-corrected chi connectivity index (χ0v) is 6.67. The van der Waals surface area contributed by atoms with Crippen molar-refractivity contribution >= 4 is 27.5 Å². The third-order valence-electron chi connectivity index (χ3n) is 0.523. The summed E-state index contributed by atoms with van der Waals surface area (Å²) in [6, 6.07) is 0. The topological polar surface area (TPSA) is 0 Å². The summed E-state index contributed by atoms with van der Waals surface area (Å²) in [7, 11) is 0.